The van der Waals surface area contributed by atoms with Crippen LogP contribution >= 0.6 is 23.2 Å². The van der Waals surface area contributed by atoms with E-state index in [9.17, 15) is 9.59 Å². The molecule has 0 unspecified atom stereocenters. The van der Waals surface area contributed by atoms with Gasteiger partial charge < -0.3 is 5.32 Å². The Morgan fingerprint density at radius 1 is 1.07 bits per heavy atom. The van der Waals surface area contributed by atoms with Crippen molar-refractivity contribution in [3.8, 4) is 0 Å². The number of carbonyl (C=O) groups is 2. The zero-order chi connectivity index (χ0) is 20.1. The van der Waals surface area contributed by atoms with E-state index in [0.29, 0.717) is 32.8 Å². The Bertz CT molecular complexity index is 992. The van der Waals surface area contributed by atoms with Crippen molar-refractivity contribution in [2.24, 2.45) is 0 Å². The van der Waals surface area contributed by atoms with Gasteiger partial charge in [0.25, 0.3) is 0 Å². The molecule has 0 saturated carbocycles. The minimum atomic E-state index is -0.289. The zero-order valence-corrected chi connectivity index (χ0v) is 16.4. The van der Waals surface area contributed by atoms with E-state index in [0.717, 1.165) is 0 Å². The summed E-state index contributed by atoms with van der Waals surface area (Å²) in [4.78, 5) is 34.3. The number of amides is 2. The number of hydrogen-bond donors (Lipinski definition) is 1. The summed E-state index contributed by atoms with van der Waals surface area (Å²) in [6.45, 7) is 1.43. The summed E-state index contributed by atoms with van der Waals surface area (Å²) in [6.07, 6.45) is 4.72. The van der Waals surface area contributed by atoms with Gasteiger partial charge in [0, 0.05) is 41.1 Å². The largest absolute Gasteiger partial charge is 0.326 e. The van der Waals surface area contributed by atoms with Gasteiger partial charge in [0.05, 0.1) is 18.3 Å². The summed E-state index contributed by atoms with van der Waals surface area (Å²) in [6, 6.07) is 11.8. The van der Waals surface area contributed by atoms with Gasteiger partial charge in [0.2, 0.25) is 11.8 Å². The molecule has 6 nitrogen and oxygen atoms in total. The normalized spacial score (nSPS) is 10.4. The van der Waals surface area contributed by atoms with Crippen LogP contribution in [0.15, 0.2) is 61.1 Å². The van der Waals surface area contributed by atoms with Crippen molar-refractivity contribution in [1.29, 1.82) is 0 Å². The van der Waals surface area contributed by atoms with Crippen molar-refractivity contribution in [3.05, 3.63) is 76.7 Å². The third kappa shape index (κ3) is 4.65. The average Bonchev–Trinajstić information content (AvgIpc) is 2.66. The number of aromatic nitrogens is 2. The highest BCUT2D eigenvalue weighted by Gasteiger charge is 2.17. The molecule has 0 aliphatic carbocycles. The molecular weight excluding hydrogens is 399 g/mol. The van der Waals surface area contributed by atoms with Gasteiger partial charge in [-0.15, -0.1) is 0 Å². The second-order valence-corrected chi connectivity index (χ2v) is 6.71. The average molecular weight is 415 g/mol. The molecule has 3 rings (SSSR count). The first kappa shape index (κ1) is 19.8. The lowest BCUT2D eigenvalue weighted by molar-refractivity contribution is -0.116. The first-order chi connectivity index (χ1) is 13.5. The highest BCUT2D eigenvalue weighted by molar-refractivity contribution is 6.36. The van der Waals surface area contributed by atoms with Crippen LogP contribution in [0.3, 0.4) is 0 Å². The fourth-order valence-electron chi connectivity index (χ4n) is 2.65. The molecule has 1 aromatic carbocycles. The molecule has 0 fully saturated rings. The second kappa shape index (κ2) is 8.82. The van der Waals surface area contributed by atoms with Gasteiger partial charge in [-0.3, -0.25) is 19.5 Å². The van der Waals surface area contributed by atoms with Crippen LogP contribution in [0.5, 0.6) is 0 Å². The fraction of sp³-hybridized carbons (Fsp3) is 0.100. The minimum Gasteiger partial charge on any atom is -0.326 e. The van der Waals surface area contributed by atoms with Gasteiger partial charge in [0.15, 0.2) is 0 Å². The Labute approximate surface area is 172 Å². The Morgan fingerprint density at radius 2 is 1.82 bits per heavy atom. The molecule has 2 aromatic heterocycles. The molecule has 142 valence electrons. The van der Waals surface area contributed by atoms with E-state index < -0.39 is 0 Å². The lowest BCUT2D eigenvalue weighted by Gasteiger charge is -2.20. The highest BCUT2D eigenvalue weighted by Crippen LogP contribution is 2.27. The van der Waals surface area contributed by atoms with Crippen molar-refractivity contribution in [2.45, 2.75) is 13.3 Å². The fourth-order valence-corrected chi connectivity index (χ4v) is 3.18. The third-order valence-corrected chi connectivity index (χ3v) is 4.58. The molecule has 3 aromatic rings. The van der Waals surface area contributed by atoms with Gasteiger partial charge in [-0.1, -0.05) is 29.3 Å². The van der Waals surface area contributed by atoms with E-state index in [2.05, 4.69) is 15.3 Å². The summed E-state index contributed by atoms with van der Waals surface area (Å²) in [5.74, 6) is -0.149. The summed E-state index contributed by atoms with van der Waals surface area (Å²) < 4.78 is 0. The monoisotopic (exact) mass is 414 g/mol. The zero-order valence-electron chi connectivity index (χ0n) is 14.9. The van der Waals surface area contributed by atoms with E-state index in [1.54, 1.807) is 54.9 Å². The molecule has 0 spiro atoms. The maximum Gasteiger partial charge on any atom is 0.229 e. The van der Waals surface area contributed by atoms with Crippen LogP contribution in [0, 0.1) is 0 Å². The minimum absolute atomic E-state index is 0.0230. The smallest absolute Gasteiger partial charge is 0.229 e. The van der Waals surface area contributed by atoms with Gasteiger partial charge in [-0.25, -0.2) is 4.98 Å². The number of rotatable bonds is 5. The topological polar surface area (TPSA) is 75.2 Å². The van der Waals surface area contributed by atoms with Crippen LogP contribution in [-0.2, 0) is 16.0 Å². The number of carbonyl (C=O) groups excluding carboxylic acids is 2. The molecule has 2 amide bonds. The number of halogens is 2. The second-order valence-electron chi connectivity index (χ2n) is 5.89. The molecule has 0 bridgehead atoms. The number of hydrogen-bond acceptors (Lipinski definition) is 4. The van der Waals surface area contributed by atoms with Crippen molar-refractivity contribution < 1.29 is 9.59 Å². The van der Waals surface area contributed by atoms with E-state index in [1.807, 2.05) is 0 Å². The van der Waals surface area contributed by atoms with Crippen LogP contribution in [0.2, 0.25) is 10.0 Å². The van der Waals surface area contributed by atoms with E-state index in [1.165, 1.54) is 18.0 Å². The SMILES string of the molecule is CC(=O)N(c1cccnc1)c1cc(NC(=O)Cc2c(Cl)cccc2Cl)ccn1. The summed E-state index contributed by atoms with van der Waals surface area (Å²) in [7, 11) is 0. The lowest BCUT2D eigenvalue weighted by Crippen LogP contribution is -2.24. The Morgan fingerprint density at radius 3 is 2.46 bits per heavy atom. The quantitative estimate of drug-likeness (QED) is 0.658. The van der Waals surface area contributed by atoms with Crippen molar-refractivity contribution in [2.75, 3.05) is 10.2 Å². The predicted octanol–water partition coefficient (Wildman–Crippen LogP) is 4.65. The molecular formula is C20H16Cl2N4O2. The Kier molecular flexibility index (Phi) is 6.23. The van der Waals surface area contributed by atoms with Gasteiger partial charge in [0.1, 0.15) is 5.82 Å². The third-order valence-electron chi connectivity index (χ3n) is 3.88. The molecule has 0 radical (unpaired) electrons. The maximum absolute atomic E-state index is 12.4. The molecule has 0 saturated heterocycles. The van der Waals surface area contributed by atoms with Gasteiger partial charge in [-0.2, -0.15) is 0 Å². The number of benzene rings is 1. The van der Waals surface area contributed by atoms with Crippen molar-refractivity contribution >= 4 is 52.2 Å². The number of pyridine rings is 2. The summed E-state index contributed by atoms with van der Waals surface area (Å²) in [5.41, 5.74) is 1.63. The molecule has 8 heteroatoms. The van der Waals surface area contributed by atoms with Crippen LogP contribution in [-0.4, -0.2) is 21.8 Å². The summed E-state index contributed by atoms with van der Waals surface area (Å²) in [5, 5.41) is 3.64. The van der Waals surface area contributed by atoms with E-state index in [-0.39, 0.29) is 18.2 Å². The van der Waals surface area contributed by atoms with Gasteiger partial charge in [-0.05, 0) is 35.9 Å². The maximum atomic E-state index is 12.4. The first-order valence-corrected chi connectivity index (χ1v) is 9.11. The predicted molar refractivity (Wildman–Crippen MR) is 110 cm³/mol. The number of nitrogens with one attached hydrogen (secondary N) is 1. The van der Waals surface area contributed by atoms with Crippen molar-refractivity contribution in [1.82, 2.24) is 9.97 Å². The standard InChI is InChI=1S/C20H16Cl2N4O2/c1-13(27)26(15-4-3-8-23-12-15)19-10-14(7-9-24-19)25-20(28)11-16-17(21)5-2-6-18(16)22/h2-10,12H,11H2,1H3,(H,24,25,28). The molecule has 28 heavy (non-hydrogen) atoms. The van der Waals surface area contributed by atoms with Crippen LogP contribution in [0.1, 0.15) is 12.5 Å². The molecule has 1 N–H and O–H groups in total. The van der Waals surface area contributed by atoms with Crippen LogP contribution < -0.4 is 10.2 Å². The van der Waals surface area contributed by atoms with Crippen LogP contribution in [0.4, 0.5) is 17.2 Å². The Balaban J connectivity index is 1.81. The molecule has 2 heterocycles. The number of anilines is 3. The molecule has 0 aliphatic heterocycles. The lowest BCUT2D eigenvalue weighted by atomic mass is 10.1. The Hall–Kier alpha value is -2.96. The first-order valence-electron chi connectivity index (χ1n) is 8.35. The highest BCUT2D eigenvalue weighted by atomic mass is 35.5. The van der Waals surface area contributed by atoms with E-state index in [4.69, 9.17) is 23.2 Å². The summed E-state index contributed by atoms with van der Waals surface area (Å²) >= 11 is 12.2. The molecule has 0 atom stereocenters. The van der Waals surface area contributed by atoms with E-state index >= 15 is 0 Å². The van der Waals surface area contributed by atoms with Crippen molar-refractivity contribution in [3.63, 3.8) is 0 Å². The van der Waals surface area contributed by atoms with Crippen LogP contribution in [0.25, 0.3) is 0 Å². The number of nitrogens with zero attached hydrogens (tertiary/aromatic N) is 3. The molecule has 0 aliphatic rings. The van der Waals surface area contributed by atoms with Gasteiger partial charge >= 0.3 is 0 Å².